The van der Waals surface area contributed by atoms with Gasteiger partial charge in [0.2, 0.25) is 0 Å². The summed E-state index contributed by atoms with van der Waals surface area (Å²) in [7, 11) is 0. The molecule has 1 aromatic carbocycles. The van der Waals surface area contributed by atoms with E-state index in [1.807, 2.05) is 37.3 Å². The van der Waals surface area contributed by atoms with Crippen molar-refractivity contribution in [3.8, 4) is 17.1 Å². The average Bonchev–Trinajstić information content (AvgIpc) is 2.91. The van der Waals surface area contributed by atoms with E-state index < -0.39 is 0 Å². The first-order valence-corrected chi connectivity index (χ1v) is 6.36. The molecule has 3 aromatic rings. The van der Waals surface area contributed by atoms with Gasteiger partial charge in [-0.25, -0.2) is 0 Å². The Balaban J connectivity index is 2.17. The summed E-state index contributed by atoms with van der Waals surface area (Å²) in [4.78, 5) is 18.5. The van der Waals surface area contributed by atoms with Crippen LogP contribution >= 0.6 is 0 Å². The maximum Gasteiger partial charge on any atom is 0.135 e. The van der Waals surface area contributed by atoms with E-state index in [0.717, 1.165) is 16.8 Å². The molecule has 0 bridgehead atoms. The minimum Gasteiger partial charge on any atom is -0.494 e. The lowest BCUT2D eigenvalue weighted by Gasteiger charge is -2.03. The average molecular weight is 267 g/mol. The second-order valence-corrected chi connectivity index (χ2v) is 4.33. The Morgan fingerprint density at radius 1 is 1.30 bits per heavy atom. The molecule has 0 radical (unpaired) electrons. The molecule has 0 aliphatic rings. The van der Waals surface area contributed by atoms with Crippen LogP contribution in [0, 0.1) is 4.91 Å². The van der Waals surface area contributed by atoms with Gasteiger partial charge in [0, 0.05) is 17.6 Å². The summed E-state index contributed by atoms with van der Waals surface area (Å²) in [6, 6.07) is 11.1. The summed E-state index contributed by atoms with van der Waals surface area (Å²) in [5, 5.41) is 3.95. The van der Waals surface area contributed by atoms with Crippen LogP contribution in [-0.2, 0) is 0 Å². The van der Waals surface area contributed by atoms with Gasteiger partial charge in [0.25, 0.3) is 0 Å². The van der Waals surface area contributed by atoms with Gasteiger partial charge in [-0.2, -0.15) is 0 Å². The number of fused-ring (bicyclic) bond motifs is 1. The highest BCUT2D eigenvalue weighted by atomic mass is 16.5. The van der Waals surface area contributed by atoms with Crippen molar-refractivity contribution in [2.45, 2.75) is 6.92 Å². The maximum absolute atomic E-state index is 11.0. The number of pyridine rings is 1. The third-order valence-electron chi connectivity index (χ3n) is 3.03. The van der Waals surface area contributed by atoms with E-state index in [9.17, 15) is 4.91 Å². The zero-order valence-electron chi connectivity index (χ0n) is 11.0. The number of hydrogen-bond donors (Lipinski definition) is 1. The fourth-order valence-electron chi connectivity index (χ4n) is 2.18. The fourth-order valence-corrected chi connectivity index (χ4v) is 2.18. The minimum atomic E-state index is 0.341. The molecule has 2 heterocycles. The Morgan fingerprint density at radius 2 is 2.20 bits per heavy atom. The second-order valence-electron chi connectivity index (χ2n) is 4.33. The van der Waals surface area contributed by atoms with Crippen LogP contribution in [0.4, 0.5) is 5.69 Å². The molecule has 0 amide bonds. The maximum atomic E-state index is 11.0. The largest absolute Gasteiger partial charge is 0.494 e. The van der Waals surface area contributed by atoms with Crippen molar-refractivity contribution >= 4 is 16.6 Å². The molecule has 0 saturated heterocycles. The van der Waals surface area contributed by atoms with Crippen LogP contribution < -0.4 is 4.74 Å². The molecule has 0 aliphatic carbocycles. The lowest BCUT2D eigenvalue weighted by Crippen LogP contribution is -1.90. The Morgan fingerprint density at radius 3 is 2.90 bits per heavy atom. The molecular weight excluding hydrogens is 254 g/mol. The molecule has 0 fully saturated rings. The molecule has 100 valence electrons. The number of hydrogen-bond acceptors (Lipinski definition) is 4. The van der Waals surface area contributed by atoms with Gasteiger partial charge >= 0.3 is 0 Å². The van der Waals surface area contributed by atoms with Crippen LogP contribution in [-0.4, -0.2) is 16.6 Å². The third kappa shape index (κ3) is 2.14. The van der Waals surface area contributed by atoms with Gasteiger partial charge in [-0.05, 0) is 36.4 Å². The van der Waals surface area contributed by atoms with Gasteiger partial charge in [-0.1, -0.05) is 6.07 Å². The number of nitroso groups, excluding NO2 is 1. The summed E-state index contributed by atoms with van der Waals surface area (Å²) in [6.07, 6.45) is 1.73. The zero-order valence-corrected chi connectivity index (χ0v) is 11.0. The van der Waals surface area contributed by atoms with Crippen LogP contribution in [0.2, 0.25) is 0 Å². The van der Waals surface area contributed by atoms with Crippen molar-refractivity contribution in [2.75, 3.05) is 6.61 Å². The van der Waals surface area contributed by atoms with E-state index in [4.69, 9.17) is 4.74 Å². The summed E-state index contributed by atoms with van der Waals surface area (Å²) >= 11 is 0. The van der Waals surface area contributed by atoms with Crippen molar-refractivity contribution < 1.29 is 4.74 Å². The molecule has 0 atom stereocenters. The van der Waals surface area contributed by atoms with E-state index in [1.165, 1.54) is 0 Å². The second kappa shape index (κ2) is 5.13. The highest BCUT2D eigenvalue weighted by molar-refractivity contribution is 5.94. The molecule has 1 N–H and O–H groups in total. The number of ether oxygens (including phenoxy) is 1. The predicted octanol–water partition coefficient (Wildman–Crippen LogP) is 4.03. The third-order valence-corrected chi connectivity index (χ3v) is 3.03. The van der Waals surface area contributed by atoms with E-state index in [-0.39, 0.29) is 0 Å². The van der Waals surface area contributed by atoms with E-state index in [0.29, 0.717) is 23.6 Å². The van der Waals surface area contributed by atoms with Gasteiger partial charge in [0.05, 0.1) is 23.5 Å². The van der Waals surface area contributed by atoms with Crippen LogP contribution in [0.15, 0.2) is 47.8 Å². The minimum absolute atomic E-state index is 0.341. The van der Waals surface area contributed by atoms with Gasteiger partial charge in [0.15, 0.2) is 0 Å². The summed E-state index contributed by atoms with van der Waals surface area (Å²) < 4.78 is 5.44. The molecule has 0 saturated carbocycles. The monoisotopic (exact) mass is 267 g/mol. The summed E-state index contributed by atoms with van der Waals surface area (Å²) in [6.45, 7) is 2.44. The van der Waals surface area contributed by atoms with E-state index in [2.05, 4.69) is 15.1 Å². The summed E-state index contributed by atoms with van der Waals surface area (Å²) in [5.41, 5.74) is 2.70. The predicted molar refractivity (Wildman–Crippen MR) is 78.2 cm³/mol. The van der Waals surface area contributed by atoms with Crippen molar-refractivity contribution in [3.63, 3.8) is 0 Å². The number of rotatable bonds is 4. The topological polar surface area (TPSA) is 67.3 Å². The van der Waals surface area contributed by atoms with Crippen molar-refractivity contribution in [2.24, 2.45) is 5.18 Å². The Hall–Kier alpha value is -2.69. The smallest absolute Gasteiger partial charge is 0.135 e. The van der Waals surface area contributed by atoms with Crippen molar-refractivity contribution in [3.05, 3.63) is 47.5 Å². The van der Waals surface area contributed by atoms with Crippen LogP contribution in [0.5, 0.6) is 5.75 Å². The van der Waals surface area contributed by atoms with Crippen LogP contribution in [0.3, 0.4) is 0 Å². The van der Waals surface area contributed by atoms with E-state index in [1.54, 1.807) is 12.3 Å². The lowest BCUT2D eigenvalue weighted by atomic mass is 10.2. The highest BCUT2D eigenvalue weighted by Gasteiger charge is 2.10. The number of nitrogens with one attached hydrogen (secondary N) is 1. The SMILES string of the molecule is CCOc1cc(N=O)c2[nH]c(-c3ccccn3)cc2c1. The molecule has 0 unspecified atom stereocenters. The number of nitrogens with zero attached hydrogens (tertiary/aromatic N) is 2. The fraction of sp³-hybridized carbons (Fsp3) is 0.133. The number of aromatic nitrogens is 2. The number of benzene rings is 1. The van der Waals surface area contributed by atoms with Crippen LogP contribution in [0.1, 0.15) is 6.92 Å². The lowest BCUT2D eigenvalue weighted by molar-refractivity contribution is 0.341. The molecule has 0 aliphatic heterocycles. The molecular formula is C15H13N3O2. The standard InChI is InChI=1S/C15H13N3O2/c1-2-20-11-7-10-8-13(12-5-3-4-6-16-12)17-15(10)14(9-11)18-19/h3-9,17H,2H2,1H3. The van der Waals surface area contributed by atoms with Gasteiger partial charge in [0.1, 0.15) is 11.4 Å². The zero-order chi connectivity index (χ0) is 13.9. The molecule has 20 heavy (non-hydrogen) atoms. The quantitative estimate of drug-likeness (QED) is 0.726. The molecule has 0 spiro atoms. The number of aromatic amines is 1. The summed E-state index contributed by atoms with van der Waals surface area (Å²) in [5.74, 6) is 0.640. The highest BCUT2D eigenvalue weighted by Crippen LogP contribution is 2.33. The number of H-pyrrole nitrogens is 1. The Bertz CT molecular complexity index is 750. The van der Waals surface area contributed by atoms with Gasteiger partial charge in [-0.3, -0.25) is 4.98 Å². The van der Waals surface area contributed by atoms with Crippen molar-refractivity contribution in [1.82, 2.24) is 9.97 Å². The normalized spacial score (nSPS) is 10.7. The molecule has 3 rings (SSSR count). The molecule has 2 aromatic heterocycles. The first kappa shape index (κ1) is 12.3. The Labute approximate surface area is 115 Å². The van der Waals surface area contributed by atoms with Crippen LogP contribution in [0.25, 0.3) is 22.3 Å². The van der Waals surface area contributed by atoms with Crippen molar-refractivity contribution in [1.29, 1.82) is 0 Å². The molecule has 5 nitrogen and oxygen atoms in total. The van der Waals surface area contributed by atoms with Gasteiger partial charge in [-0.15, -0.1) is 4.91 Å². The molecule has 5 heteroatoms. The Kier molecular flexibility index (Phi) is 3.16. The van der Waals surface area contributed by atoms with E-state index >= 15 is 0 Å². The van der Waals surface area contributed by atoms with Gasteiger partial charge < -0.3 is 9.72 Å². The first-order valence-electron chi connectivity index (χ1n) is 6.36. The first-order chi connectivity index (χ1) is 9.81.